The van der Waals surface area contributed by atoms with Crippen molar-refractivity contribution < 1.29 is 0 Å². The highest BCUT2D eigenvalue weighted by Gasteiger charge is 2.26. The van der Waals surface area contributed by atoms with Gasteiger partial charge in [0.05, 0.1) is 0 Å². The summed E-state index contributed by atoms with van der Waals surface area (Å²) < 4.78 is 0. The Labute approximate surface area is 117 Å². The van der Waals surface area contributed by atoms with Crippen LogP contribution in [-0.2, 0) is 0 Å². The fourth-order valence-corrected chi connectivity index (χ4v) is 3.12. The summed E-state index contributed by atoms with van der Waals surface area (Å²) in [4.78, 5) is 6.72. The SMILES string of the molecule is CN1CCCC1=NC(=S)NC(C)(C)CC(C)(C)C. The minimum Gasteiger partial charge on any atom is -0.363 e. The maximum atomic E-state index is 5.36. The number of rotatable bonds is 2. The number of hydrogen-bond acceptors (Lipinski definition) is 1. The molecule has 0 bridgehead atoms. The third-order valence-electron chi connectivity index (χ3n) is 2.98. The molecular formula is C14H27N3S. The Kier molecular flexibility index (Phi) is 4.76. The molecule has 0 spiro atoms. The van der Waals surface area contributed by atoms with Crippen LogP contribution in [0.3, 0.4) is 0 Å². The van der Waals surface area contributed by atoms with Crippen molar-refractivity contribution in [2.24, 2.45) is 10.4 Å². The Hall–Kier alpha value is -0.640. The monoisotopic (exact) mass is 269 g/mol. The van der Waals surface area contributed by atoms with Gasteiger partial charge in [-0.05, 0) is 44.3 Å². The van der Waals surface area contributed by atoms with E-state index in [0.717, 1.165) is 25.2 Å². The Morgan fingerprint density at radius 1 is 1.33 bits per heavy atom. The van der Waals surface area contributed by atoms with Gasteiger partial charge < -0.3 is 10.2 Å². The lowest BCUT2D eigenvalue weighted by Gasteiger charge is -2.33. The van der Waals surface area contributed by atoms with Crippen molar-refractivity contribution in [3.8, 4) is 0 Å². The lowest BCUT2D eigenvalue weighted by Crippen LogP contribution is -2.45. The van der Waals surface area contributed by atoms with Crippen LogP contribution in [-0.4, -0.2) is 35.0 Å². The molecule has 1 fully saturated rings. The smallest absolute Gasteiger partial charge is 0.194 e. The number of hydrogen-bond donors (Lipinski definition) is 1. The van der Waals surface area contributed by atoms with Gasteiger partial charge in [0, 0.05) is 25.6 Å². The van der Waals surface area contributed by atoms with E-state index in [9.17, 15) is 0 Å². The zero-order chi connectivity index (χ0) is 14.0. The van der Waals surface area contributed by atoms with Crippen molar-refractivity contribution in [3.05, 3.63) is 0 Å². The zero-order valence-corrected chi connectivity index (χ0v) is 13.4. The largest absolute Gasteiger partial charge is 0.363 e. The quantitative estimate of drug-likeness (QED) is 0.780. The highest BCUT2D eigenvalue weighted by Crippen LogP contribution is 2.26. The fourth-order valence-electron chi connectivity index (χ4n) is 2.74. The summed E-state index contributed by atoms with van der Waals surface area (Å²) in [6, 6.07) is 0. The number of likely N-dealkylation sites (tertiary alicyclic amines) is 1. The van der Waals surface area contributed by atoms with Crippen molar-refractivity contribution in [1.82, 2.24) is 10.2 Å². The molecule has 3 nitrogen and oxygen atoms in total. The maximum absolute atomic E-state index is 5.36. The second-order valence-corrected chi connectivity index (χ2v) is 7.49. The first-order valence-electron chi connectivity index (χ1n) is 6.70. The number of aliphatic imine (C=N–C) groups is 1. The molecular weight excluding hydrogens is 242 g/mol. The summed E-state index contributed by atoms with van der Waals surface area (Å²) in [5.74, 6) is 1.11. The van der Waals surface area contributed by atoms with Gasteiger partial charge in [-0.1, -0.05) is 20.8 Å². The second-order valence-electron chi connectivity index (χ2n) is 7.10. The molecule has 1 saturated heterocycles. The first kappa shape index (κ1) is 15.4. The molecule has 104 valence electrons. The van der Waals surface area contributed by atoms with Crippen LogP contribution in [0.25, 0.3) is 0 Å². The minimum absolute atomic E-state index is 0.0173. The lowest BCUT2D eigenvalue weighted by molar-refractivity contribution is 0.267. The van der Waals surface area contributed by atoms with Crippen LogP contribution in [0.15, 0.2) is 4.99 Å². The minimum atomic E-state index is -0.0173. The molecule has 1 aliphatic rings. The van der Waals surface area contributed by atoms with Gasteiger partial charge in [-0.3, -0.25) is 0 Å². The van der Waals surface area contributed by atoms with E-state index in [0.29, 0.717) is 5.11 Å². The number of amidine groups is 1. The summed E-state index contributed by atoms with van der Waals surface area (Å²) in [6.45, 7) is 12.2. The van der Waals surface area contributed by atoms with Gasteiger partial charge in [-0.2, -0.15) is 0 Å². The summed E-state index contributed by atoms with van der Waals surface area (Å²) in [5.41, 5.74) is 0.264. The van der Waals surface area contributed by atoms with Gasteiger partial charge in [0.1, 0.15) is 5.84 Å². The standard InChI is InChI=1S/C14H27N3S/c1-13(2,3)10-14(4,5)16-12(18)15-11-8-7-9-17(11)6/h7-10H2,1-6H3,(H,16,18). The molecule has 0 atom stereocenters. The Balaban J connectivity index is 2.59. The molecule has 0 unspecified atom stereocenters. The van der Waals surface area contributed by atoms with Gasteiger partial charge in [-0.15, -0.1) is 0 Å². The Morgan fingerprint density at radius 3 is 2.39 bits per heavy atom. The highest BCUT2D eigenvalue weighted by molar-refractivity contribution is 7.80. The van der Waals surface area contributed by atoms with Crippen LogP contribution >= 0.6 is 12.2 Å². The summed E-state index contributed by atoms with van der Waals surface area (Å²) >= 11 is 5.36. The third kappa shape index (κ3) is 5.34. The van der Waals surface area contributed by atoms with Crippen molar-refractivity contribution in [2.75, 3.05) is 13.6 Å². The molecule has 0 amide bonds. The van der Waals surface area contributed by atoms with E-state index < -0.39 is 0 Å². The van der Waals surface area contributed by atoms with Crippen molar-refractivity contribution in [2.45, 2.75) is 59.4 Å². The summed E-state index contributed by atoms with van der Waals surface area (Å²) in [5, 5.41) is 4.00. The van der Waals surface area contributed by atoms with Crippen molar-refractivity contribution in [1.29, 1.82) is 0 Å². The van der Waals surface area contributed by atoms with Gasteiger partial charge in [-0.25, -0.2) is 4.99 Å². The van der Waals surface area contributed by atoms with Crippen molar-refractivity contribution >= 4 is 23.2 Å². The maximum Gasteiger partial charge on any atom is 0.194 e. The van der Waals surface area contributed by atoms with E-state index >= 15 is 0 Å². The van der Waals surface area contributed by atoms with Crippen LogP contribution in [0.2, 0.25) is 0 Å². The Bertz CT molecular complexity index is 339. The fraction of sp³-hybridized carbons (Fsp3) is 0.857. The summed E-state index contributed by atoms with van der Waals surface area (Å²) in [6.07, 6.45) is 3.28. The molecule has 1 heterocycles. The molecule has 0 aliphatic carbocycles. The topological polar surface area (TPSA) is 27.6 Å². The first-order chi connectivity index (χ1) is 8.09. The molecule has 1 aliphatic heterocycles. The molecule has 1 rings (SSSR count). The van der Waals surface area contributed by atoms with Crippen LogP contribution in [0, 0.1) is 5.41 Å². The number of nitrogens with one attached hydrogen (secondary N) is 1. The van der Waals surface area contributed by atoms with E-state index in [1.54, 1.807) is 0 Å². The molecule has 0 aromatic rings. The molecule has 18 heavy (non-hydrogen) atoms. The number of nitrogens with zero attached hydrogens (tertiary/aromatic N) is 2. The van der Waals surface area contributed by atoms with Gasteiger partial charge in [0.15, 0.2) is 5.11 Å². The molecule has 4 heteroatoms. The van der Waals surface area contributed by atoms with Crippen molar-refractivity contribution in [3.63, 3.8) is 0 Å². The predicted octanol–water partition coefficient (Wildman–Crippen LogP) is 3.20. The van der Waals surface area contributed by atoms with E-state index in [4.69, 9.17) is 12.2 Å². The average Bonchev–Trinajstić information content (AvgIpc) is 2.45. The van der Waals surface area contributed by atoms with E-state index in [-0.39, 0.29) is 11.0 Å². The number of thiocarbonyl (C=S) groups is 1. The first-order valence-corrected chi connectivity index (χ1v) is 7.11. The van der Waals surface area contributed by atoms with E-state index in [1.807, 2.05) is 0 Å². The van der Waals surface area contributed by atoms with E-state index in [1.165, 1.54) is 6.42 Å². The lowest BCUT2D eigenvalue weighted by atomic mass is 9.82. The predicted molar refractivity (Wildman–Crippen MR) is 83.2 cm³/mol. The van der Waals surface area contributed by atoms with Crippen LogP contribution in [0.4, 0.5) is 0 Å². The molecule has 0 aromatic carbocycles. The van der Waals surface area contributed by atoms with E-state index in [2.05, 4.69) is 56.9 Å². The second kappa shape index (κ2) is 5.55. The average molecular weight is 269 g/mol. The normalized spacial score (nSPS) is 19.4. The summed E-state index contributed by atoms with van der Waals surface area (Å²) in [7, 11) is 2.08. The van der Waals surface area contributed by atoms with Crippen LogP contribution < -0.4 is 5.32 Å². The Morgan fingerprint density at radius 2 is 1.94 bits per heavy atom. The van der Waals surface area contributed by atoms with Crippen LogP contribution in [0.5, 0.6) is 0 Å². The zero-order valence-electron chi connectivity index (χ0n) is 12.6. The molecule has 1 N–H and O–H groups in total. The third-order valence-corrected chi connectivity index (χ3v) is 3.18. The van der Waals surface area contributed by atoms with Gasteiger partial charge in [0.25, 0.3) is 0 Å². The van der Waals surface area contributed by atoms with Gasteiger partial charge in [0.2, 0.25) is 0 Å². The molecule has 0 aromatic heterocycles. The van der Waals surface area contributed by atoms with Crippen LogP contribution in [0.1, 0.15) is 53.9 Å². The molecule has 0 radical (unpaired) electrons. The van der Waals surface area contributed by atoms with Gasteiger partial charge >= 0.3 is 0 Å². The highest BCUT2D eigenvalue weighted by atomic mass is 32.1. The molecule has 0 saturated carbocycles.